The van der Waals surface area contributed by atoms with Gasteiger partial charge in [-0.3, -0.25) is 9.10 Å². The van der Waals surface area contributed by atoms with E-state index in [1.165, 1.54) is 5.56 Å². The monoisotopic (exact) mass is 418 g/mol. The molecule has 0 aromatic heterocycles. The second kappa shape index (κ2) is 9.78. The van der Waals surface area contributed by atoms with E-state index in [9.17, 15) is 13.2 Å². The predicted molar refractivity (Wildman–Crippen MR) is 117 cm³/mol. The number of hydrogen-bond acceptors (Lipinski definition) is 4. The van der Waals surface area contributed by atoms with Gasteiger partial charge in [-0.05, 0) is 68.1 Å². The molecule has 0 aliphatic rings. The number of rotatable bonds is 9. The van der Waals surface area contributed by atoms with Gasteiger partial charge >= 0.3 is 0 Å². The summed E-state index contributed by atoms with van der Waals surface area (Å²) in [7, 11) is -3.63. The van der Waals surface area contributed by atoms with Gasteiger partial charge < -0.3 is 10.1 Å². The Morgan fingerprint density at radius 3 is 2.31 bits per heavy atom. The van der Waals surface area contributed by atoms with E-state index in [0.29, 0.717) is 12.3 Å². The Morgan fingerprint density at radius 1 is 1.10 bits per heavy atom. The van der Waals surface area contributed by atoms with Gasteiger partial charge in [0.1, 0.15) is 18.4 Å². The molecule has 0 saturated carbocycles. The van der Waals surface area contributed by atoms with Crippen LogP contribution in [0.2, 0.25) is 0 Å². The lowest BCUT2D eigenvalue weighted by Crippen LogP contribution is -2.48. The molecule has 0 saturated heterocycles. The van der Waals surface area contributed by atoms with Crippen LogP contribution in [0.3, 0.4) is 0 Å². The van der Waals surface area contributed by atoms with E-state index >= 15 is 0 Å². The number of sulfonamides is 1. The molecule has 158 valence electrons. The average Bonchev–Trinajstić information content (AvgIpc) is 2.67. The molecule has 7 heteroatoms. The maximum absolute atomic E-state index is 12.6. The minimum atomic E-state index is -3.63. The van der Waals surface area contributed by atoms with Crippen molar-refractivity contribution in [3.8, 4) is 5.75 Å². The van der Waals surface area contributed by atoms with Crippen LogP contribution in [0.4, 0.5) is 5.69 Å². The van der Waals surface area contributed by atoms with Gasteiger partial charge in [-0.25, -0.2) is 8.42 Å². The predicted octanol–water partition coefficient (Wildman–Crippen LogP) is 3.22. The highest BCUT2D eigenvalue weighted by Crippen LogP contribution is 2.23. The smallest absolute Gasteiger partial charge is 0.243 e. The van der Waals surface area contributed by atoms with E-state index in [1.54, 1.807) is 19.1 Å². The number of hydrogen-bond donors (Lipinski definition) is 1. The molecule has 2 aromatic rings. The van der Waals surface area contributed by atoms with Gasteiger partial charge in [0.05, 0.1) is 18.5 Å². The van der Waals surface area contributed by atoms with Crippen LogP contribution >= 0.6 is 0 Å². The molecule has 2 rings (SSSR count). The Kier molecular flexibility index (Phi) is 7.67. The van der Waals surface area contributed by atoms with Gasteiger partial charge in [0.2, 0.25) is 15.9 Å². The van der Waals surface area contributed by atoms with Crippen LogP contribution in [0, 0.1) is 13.8 Å². The van der Waals surface area contributed by atoms with Crippen molar-refractivity contribution in [3.63, 3.8) is 0 Å². The largest absolute Gasteiger partial charge is 0.492 e. The first-order valence-corrected chi connectivity index (χ1v) is 11.5. The van der Waals surface area contributed by atoms with Gasteiger partial charge in [-0.2, -0.15) is 0 Å². The summed E-state index contributed by atoms with van der Waals surface area (Å²) in [6.07, 6.45) is 2.07. The molecule has 6 nitrogen and oxygen atoms in total. The van der Waals surface area contributed by atoms with Crippen molar-refractivity contribution >= 4 is 21.6 Å². The van der Waals surface area contributed by atoms with Gasteiger partial charge in [0.25, 0.3) is 0 Å². The maximum Gasteiger partial charge on any atom is 0.243 e. The molecule has 1 N–H and O–H groups in total. The Hall–Kier alpha value is -2.54. The third kappa shape index (κ3) is 6.22. The highest BCUT2D eigenvalue weighted by atomic mass is 32.2. The van der Waals surface area contributed by atoms with Crippen molar-refractivity contribution in [2.24, 2.45) is 0 Å². The molecule has 0 fully saturated rings. The van der Waals surface area contributed by atoms with E-state index < -0.39 is 16.1 Å². The molecule has 0 aliphatic carbocycles. The minimum Gasteiger partial charge on any atom is -0.492 e. The average molecular weight is 419 g/mol. The Bertz CT molecular complexity index is 940. The molecule has 0 unspecified atom stereocenters. The summed E-state index contributed by atoms with van der Waals surface area (Å²) in [6, 6.07) is 12.3. The zero-order chi connectivity index (χ0) is 21.6. The molecule has 0 heterocycles. The fraction of sp³-hybridized carbons (Fsp3) is 0.409. The van der Waals surface area contributed by atoms with Gasteiger partial charge in [-0.15, -0.1) is 0 Å². The first kappa shape index (κ1) is 22.7. The highest BCUT2D eigenvalue weighted by molar-refractivity contribution is 7.92. The lowest BCUT2D eigenvalue weighted by atomic mass is 10.1. The highest BCUT2D eigenvalue weighted by Gasteiger charge is 2.29. The van der Waals surface area contributed by atoms with Gasteiger partial charge in [-0.1, -0.05) is 25.1 Å². The standard InChI is InChI=1S/C22H30N2O4S/c1-6-19-8-11-21(12-9-19)28-14-13-23-22(25)18(4)24(29(5,26)27)20-10-7-16(2)17(3)15-20/h7-12,15,18H,6,13-14H2,1-5H3,(H,23,25)/t18-/m1/s1. The molecule has 0 aliphatic heterocycles. The Morgan fingerprint density at radius 2 is 1.76 bits per heavy atom. The van der Waals surface area contributed by atoms with E-state index in [4.69, 9.17) is 4.74 Å². The summed E-state index contributed by atoms with van der Waals surface area (Å²) in [5.41, 5.74) is 3.73. The quantitative estimate of drug-likeness (QED) is 0.635. The Labute approximate surface area is 173 Å². The molecule has 0 bridgehead atoms. The lowest BCUT2D eigenvalue weighted by molar-refractivity contribution is -0.121. The molecule has 1 amide bonds. The number of nitrogens with one attached hydrogen (secondary N) is 1. The maximum atomic E-state index is 12.6. The number of anilines is 1. The summed E-state index contributed by atoms with van der Waals surface area (Å²) in [5, 5.41) is 2.75. The molecule has 2 aromatic carbocycles. The molecular formula is C22H30N2O4S. The van der Waals surface area contributed by atoms with Crippen LogP contribution in [-0.2, 0) is 21.2 Å². The topological polar surface area (TPSA) is 75.7 Å². The summed E-state index contributed by atoms with van der Waals surface area (Å²) in [6.45, 7) is 8.11. The van der Waals surface area contributed by atoms with Crippen LogP contribution in [0.15, 0.2) is 42.5 Å². The fourth-order valence-corrected chi connectivity index (χ4v) is 4.15. The van der Waals surface area contributed by atoms with E-state index in [1.807, 2.05) is 44.2 Å². The second-order valence-corrected chi connectivity index (χ2v) is 9.00. The second-order valence-electron chi connectivity index (χ2n) is 7.14. The van der Waals surface area contributed by atoms with Crippen molar-refractivity contribution in [1.82, 2.24) is 5.32 Å². The first-order valence-electron chi connectivity index (χ1n) is 9.69. The zero-order valence-electron chi connectivity index (χ0n) is 17.7. The fourth-order valence-electron chi connectivity index (χ4n) is 2.98. The lowest BCUT2D eigenvalue weighted by Gasteiger charge is -2.28. The zero-order valence-corrected chi connectivity index (χ0v) is 18.5. The van der Waals surface area contributed by atoms with Crippen molar-refractivity contribution < 1.29 is 17.9 Å². The number of carbonyl (C=O) groups is 1. The summed E-state index contributed by atoms with van der Waals surface area (Å²) < 4.78 is 31.5. The summed E-state index contributed by atoms with van der Waals surface area (Å²) in [4.78, 5) is 12.6. The number of nitrogens with zero attached hydrogens (tertiary/aromatic N) is 1. The van der Waals surface area contributed by atoms with Crippen molar-refractivity contribution in [2.45, 2.75) is 40.2 Å². The Balaban J connectivity index is 1.98. The van der Waals surface area contributed by atoms with E-state index in [-0.39, 0.29) is 12.5 Å². The minimum absolute atomic E-state index is 0.281. The number of aryl methyl sites for hydroxylation is 3. The van der Waals surface area contributed by atoms with Crippen LogP contribution in [0.1, 0.15) is 30.5 Å². The SMILES string of the molecule is CCc1ccc(OCCNC(=O)[C@@H](C)N(c2ccc(C)c(C)c2)S(C)(=O)=O)cc1. The van der Waals surface area contributed by atoms with Crippen LogP contribution in [-0.4, -0.2) is 39.8 Å². The van der Waals surface area contributed by atoms with Crippen molar-refractivity contribution in [2.75, 3.05) is 23.7 Å². The normalized spacial score (nSPS) is 12.3. The summed E-state index contributed by atoms with van der Waals surface area (Å²) in [5.74, 6) is 0.357. The number of benzene rings is 2. The third-order valence-electron chi connectivity index (χ3n) is 4.84. The van der Waals surface area contributed by atoms with Gasteiger partial charge in [0.15, 0.2) is 0 Å². The van der Waals surface area contributed by atoms with E-state index in [0.717, 1.165) is 33.9 Å². The molecule has 29 heavy (non-hydrogen) atoms. The number of ether oxygens (including phenoxy) is 1. The van der Waals surface area contributed by atoms with E-state index in [2.05, 4.69) is 12.2 Å². The van der Waals surface area contributed by atoms with Gasteiger partial charge in [0, 0.05) is 0 Å². The van der Waals surface area contributed by atoms with Crippen LogP contribution < -0.4 is 14.4 Å². The van der Waals surface area contributed by atoms with Crippen LogP contribution in [0.25, 0.3) is 0 Å². The summed E-state index contributed by atoms with van der Waals surface area (Å²) >= 11 is 0. The van der Waals surface area contributed by atoms with Crippen molar-refractivity contribution in [3.05, 3.63) is 59.2 Å². The number of amides is 1. The van der Waals surface area contributed by atoms with Crippen LogP contribution in [0.5, 0.6) is 5.75 Å². The first-order chi connectivity index (χ1) is 13.6. The third-order valence-corrected chi connectivity index (χ3v) is 6.08. The number of carbonyl (C=O) groups excluding carboxylic acids is 1. The molecule has 1 atom stereocenters. The molecule has 0 radical (unpaired) electrons. The molecule has 0 spiro atoms. The van der Waals surface area contributed by atoms with Crippen molar-refractivity contribution in [1.29, 1.82) is 0 Å². The molecular weight excluding hydrogens is 388 g/mol.